The van der Waals surface area contributed by atoms with Crippen molar-refractivity contribution in [2.24, 2.45) is 0 Å². The van der Waals surface area contributed by atoms with Crippen molar-refractivity contribution in [1.82, 2.24) is 5.32 Å². The molecule has 0 spiro atoms. The average molecular weight is 510 g/mol. The highest BCUT2D eigenvalue weighted by Crippen LogP contribution is 2.41. The smallest absolute Gasteiger partial charge is 0.341 e. The number of anilines is 1. The molecule has 0 radical (unpaired) electrons. The molecule has 0 saturated heterocycles. The van der Waals surface area contributed by atoms with Crippen molar-refractivity contribution in [3.63, 3.8) is 0 Å². The Bertz CT molecular complexity index is 925. The number of carbonyl (C=O) groups is 2. The second-order valence-corrected chi connectivity index (χ2v) is 10.6. The molecule has 3 rings (SSSR count). The van der Waals surface area contributed by atoms with E-state index in [0.29, 0.717) is 21.2 Å². The molecule has 1 aromatic heterocycles. The van der Waals surface area contributed by atoms with Crippen LogP contribution < -0.4 is 10.6 Å². The zero-order chi connectivity index (χ0) is 21.9. The number of aryl methyl sites for hydroxylation is 1. The van der Waals surface area contributed by atoms with Crippen molar-refractivity contribution < 1.29 is 14.3 Å². The first-order chi connectivity index (χ1) is 14.2. The summed E-state index contributed by atoms with van der Waals surface area (Å²) in [6.07, 6.45) is 2.63. The summed E-state index contributed by atoms with van der Waals surface area (Å²) in [5.41, 5.74) is 1.78. The first-order valence-corrected chi connectivity index (χ1v) is 11.7. The van der Waals surface area contributed by atoms with Gasteiger partial charge in [0.2, 0.25) is 3.79 Å². The molecule has 0 fully saturated rings. The van der Waals surface area contributed by atoms with Crippen LogP contribution in [0.2, 0.25) is 5.02 Å². The topological polar surface area (TPSA) is 67.4 Å². The molecule has 1 aromatic carbocycles. The van der Waals surface area contributed by atoms with Crippen molar-refractivity contribution >= 4 is 74.6 Å². The number of carbonyl (C=O) groups excluding carboxylic acids is 2. The maximum Gasteiger partial charge on any atom is 0.341 e. The van der Waals surface area contributed by atoms with Gasteiger partial charge >= 0.3 is 5.97 Å². The molecule has 10 heteroatoms. The van der Waals surface area contributed by atoms with Gasteiger partial charge in [-0.15, -0.1) is 11.3 Å². The molecule has 2 aromatic rings. The minimum Gasteiger partial charge on any atom is -0.462 e. The number of thiophene rings is 1. The fourth-order valence-electron chi connectivity index (χ4n) is 3.23. The van der Waals surface area contributed by atoms with Crippen LogP contribution in [0.4, 0.5) is 5.00 Å². The van der Waals surface area contributed by atoms with Gasteiger partial charge in [-0.1, -0.05) is 46.4 Å². The lowest BCUT2D eigenvalue weighted by molar-refractivity contribution is 0.0526. The molecular weight excluding hydrogens is 490 g/mol. The Balaban J connectivity index is 1.90. The molecule has 0 unspecified atom stereocenters. The Hall–Kier alpha value is -1.18. The molecule has 5 nitrogen and oxygen atoms in total. The van der Waals surface area contributed by atoms with E-state index in [1.54, 1.807) is 31.2 Å². The number of hydrogen-bond acceptors (Lipinski definition) is 5. The minimum absolute atomic E-state index is 0.254. The molecule has 2 N–H and O–H groups in total. The molecule has 0 saturated carbocycles. The van der Waals surface area contributed by atoms with Gasteiger partial charge in [0.15, 0.2) is 0 Å². The first-order valence-electron chi connectivity index (χ1n) is 9.42. The molecule has 0 bridgehead atoms. The van der Waals surface area contributed by atoms with Crippen molar-refractivity contribution in [3.8, 4) is 0 Å². The fraction of sp³-hybridized carbons (Fsp3) is 0.400. The van der Waals surface area contributed by atoms with Gasteiger partial charge in [0.1, 0.15) is 11.2 Å². The van der Waals surface area contributed by atoms with Crippen molar-refractivity contribution in [2.45, 2.75) is 42.6 Å². The lowest BCUT2D eigenvalue weighted by Gasteiger charge is -2.27. The summed E-state index contributed by atoms with van der Waals surface area (Å²) in [7, 11) is 0. The number of alkyl halides is 3. The zero-order valence-corrected chi connectivity index (χ0v) is 19.9. The minimum atomic E-state index is -1.88. The van der Waals surface area contributed by atoms with Gasteiger partial charge in [0.05, 0.1) is 12.2 Å². The molecule has 0 aliphatic heterocycles. The van der Waals surface area contributed by atoms with Crippen molar-refractivity contribution in [2.75, 3.05) is 11.9 Å². The van der Waals surface area contributed by atoms with E-state index in [1.165, 1.54) is 11.3 Å². The second kappa shape index (κ2) is 9.96. The maximum absolute atomic E-state index is 12.7. The van der Waals surface area contributed by atoms with Crippen LogP contribution in [0.5, 0.6) is 0 Å². The standard InChI is InChI=1S/C20H20Cl4N2O3S/c1-2-29-18(28)15-13-5-3-4-6-14(13)30-17(15)26-19(20(22,23)24)25-16(27)11-7-9-12(21)10-8-11/h7-10,19,26H,2-6H2,1H3,(H,25,27)/t19-/m0/s1. The van der Waals surface area contributed by atoms with Gasteiger partial charge in [-0.05, 0) is 62.4 Å². The van der Waals surface area contributed by atoms with Crippen LogP contribution >= 0.6 is 57.7 Å². The number of fused-ring (bicyclic) bond motifs is 1. The monoisotopic (exact) mass is 508 g/mol. The van der Waals surface area contributed by atoms with Crippen molar-refractivity contribution in [3.05, 3.63) is 50.9 Å². The van der Waals surface area contributed by atoms with Gasteiger partial charge in [-0.25, -0.2) is 4.79 Å². The number of halogens is 4. The highest BCUT2D eigenvalue weighted by molar-refractivity contribution is 7.16. The summed E-state index contributed by atoms with van der Waals surface area (Å²) in [5, 5.41) is 6.77. The fourth-order valence-corrected chi connectivity index (χ4v) is 4.99. The Morgan fingerprint density at radius 3 is 2.47 bits per heavy atom. The number of hydrogen-bond donors (Lipinski definition) is 2. The Labute approximate surface area is 199 Å². The van der Waals surface area contributed by atoms with Crippen LogP contribution in [0.1, 0.15) is 50.9 Å². The largest absolute Gasteiger partial charge is 0.462 e. The van der Waals surface area contributed by atoms with E-state index in [2.05, 4.69) is 10.6 Å². The molecular formula is C20H20Cl4N2O3S. The first kappa shape index (κ1) is 23.5. The number of nitrogens with one attached hydrogen (secondary N) is 2. The van der Waals surface area contributed by atoms with E-state index < -0.39 is 21.8 Å². The van der Waals surface area contributed by atoms with Gasteiger partial charge in [0.25, 0.3) is 5.91 Å². The van der Waals surface area contributed by atoms with Crippen LogP contribution in [-0.2, 0) is 17.6 Å². The van der Waals surface area contributed by atoms with Gasteiger partial charge < -0.3 is 15.4 Å². The molecule has 1 aliphatic carbocycles. The molecule has 1 amide bonds. The Morgan fingerprint density at radius 1 is 1.17 bits per heavy atom. The highest BCUT2D eigenvalue weighted by Gasteiger charge is 2.37. The van der Waals surface area contributed by atoms with E-state index in [-0.39, 0.29) is 6.61 Å². The number of benzene rings is 1. The van der Waals surface area contributed by atoms with Gasteiger partial charge in [-0.3, -0.25) is 4.79 Å². The molecule has 1 heterocycles. The summed E-state index contributed by atoms with van der Waals surface area (Å²) in [6.45, 7) is 2.00. The lowest BCUT2D eigenvalue weighted by Crippen LogP contribution is -2.49. The van der Waals surface area contributed by atoms with Gasteiger partial charge in [0, 0.05) is 15.5 Å². The van der Waals surface area contributed by atoms with E-state index in [1.807, 2.05) is 0 Å². The quantitative estimate of drug-likeness (QED) is 0.285. The predicted molar refractivity (Wildman–Crippen MR) is 124 cm³/mol. The highest BCUT2D eigenvalue weighted by atomic mass is 35.6. The predicted octanol–water partition coefficient (Wildman–Crippen LogP) is 6.00. The summed E-state index contributed by atoms with van der Waals surface area (Å²) in [4.78, 5) is 26.4. The third-order valence-electron chi connectivity index (χ3n) is 4.64. The normalized spacial score (nSPS) is 14.6. The number of rotatable bonds is 6. The molecule has 1 aliphatic rings. The number of amides is 1. The molecule has 30 heavy (non-hydrogen) atoms. The van der Waals surface area contributed by atoms with Crippen LogP contribution in [-0.4, -0.2) is 28.4 Å². The third kappa shape index (κ3) is 5.54. The summed E-state index contributed by atoms with van der Waals surface area (Å²) >= 11 is 25.7. The van der Waals surface area contributed by atoms with Crippen LogP contribution in [0.25, 0.3) is 0 Å². The Morgan fingerprint density at radius 2 is 1.83 bits per heavy atom. The molecule has 1 atom stereocenters. The number of ether oxygens (including phenoxy) is 1. The molecule has 162 valence electrons. The SMILES string of the molecule is CCOC(=O)c1c(N[C@H](NC(=O)c2ccc(Cl)cc2)C(Cl)(Cl)Cl)sc2c1CCCC2. The maximum atomic E-state index is 12.7. The van der Waals surface area contributed by atoms with Crippen LogP contribution in [0.15, 0.2) is 24.3 Å². The van der Waals surface area contributed by atoms with Crippen LogP contribution in [0, 0.1) is 0 Å². The lowest BCUT2D eigenvalue weighted by atomic mass is 9.95. The summed E-state index contributed by atoms with van der Waals surface area (Å²) < 4.78 is 3.37. The average Bonchev–Trinajstić information content (AvgIpc) is 3.05. The summed E-state index contributed by atoms with van der Waals surface area (Å²) in [5.74, 6) is -0.874. The third-order valence-corrected chi connectivity index (χ3v) is 6.77. The zero-order valence-electron chi connectivity index (χ0n) is 16.1. The second-order valence-electron chi connectivity index (χ2n) is 6.73. The number of esters is 1. The van der Waals surface area contributed by atoms with E-state index in [4.69, 9.17) is 51.1 Å². The van der Waals surface area contributed by atoms with E-state index in [0.717, 1.165) is 36.1 Å². The van der Waals surface area contributed by atoms with Gasteiger partial charge in [-0.2, -0.15) is 0 Å². The van der Waals surface area contributed by atoms with E-state index >= 15 is 0 Å². The van der Waals surface area contributed by atoms with E-state index in [9.17, 15) is 9.59 Å². The van der Waals surface area contributed by atoms with Crippen molar-refractivity contribution in [1.29, 1.82) is 0 Å². The van der Waals surface area contributed by atoms with Crippen LogP contribution in [0.3, 0.4) is 0 Å². The Kier molecular flexibility index (Phi) is 7.80. The summed E-state index contributed by atoms with van der Waals surface area (Å²) in [6, 6.07) is 6.34.